The van der Waals surface area contributed by atoms with Crippen molar-refractivity contribution in [1.82, 2.24) is 0 Å². The van der Waals surface area contributed by atoms with Gasteiger partial charge in [-0.05, 0) is 40.3 Å². The second kappa shape index (κ2) is 4.19. The fourth-order valence-electron chi connectivity index (χ4n) is 1.76. The fourth-order valence-corrected chi connectivity index (χ4v) is 2.73. The zero-order valence-electron chi connectivity index (χ0n) is 8.20. The van der Waals surface area contributed by atoms with Gasteiger partial charge in [0, 0.05) is 8.06 Å². The van der Waals surface area contributed by atoms with Crippen molar-refractivity contribution >= 4 is 38.5 Å². The van der Waals surface area contributed by atoms with Gasteiger partial charge in [-0.2, -0.15) is 0 Å². The molecule has 2 heterocycles. The molecule has 0 N–H and O–H groups in total. The van der Waals surface area contributed by atoms with Crippen molar-refractivity contribution in [3.05, 3.63) is 31.8 Å². The molecule has 3 nitrogen and oxygen atoms in total. The third kappa shape index (κ3) is 1.74. The molecule has 0 aliphatic carbocycles. The molecule has 0 saturated heterocycles. The van der Waals surface area contributed by atoms with Gasteiger partial charge in [0.15, 0.2) is 11.5 Å². The number of ether oxygens (including phenoxy) is 3. The topological polar surface area (TPSA) is 27.7 Å². The highest BCUT2D eigenvalue weighted by Crippen LogP contribution is 2.43. The summed E-state index contributed by atoms with van der Waals surface area (Å²) >= 11 is 5.85. The van der Waals surface area contributed by atoms with Crippen LogP contribution >= 0.6 is 38.5 Å². The van der Waals surface area contributed by atoms with Gasteiger partial charge in [-0.25, -0.2) is 0 Å². The van der Waals surface area contributed by atoms with Crippen molar-refractivity contribution in [2.75, 3.05) is 13.4 Å². The molecular weight excluding hydrogens is 387 g/mol. The summed E-state index contributed by atoms with van der Waals surface area (Å²) in [5.74, 6) is 1.60. The summed E-state index contributed by atoms with van der Waals surface area (Å²) < 4.78 is 18.6. The normalized spacial score (nSPS) is 23.0. The van der Waals surface area contributed by atoms with Gasteiger partial charge in [-0.15, -0.1) is 0 Å². The Morgan fingerprint density at radius 2 is 2.06 bits per heavy atom. The highest BCUT2D eigenvalue weighted by atomic mass is 127. The minimum atomic E-state index is -0.0126. The van der Waals surface area contributed by atoms with Crippen LogP contribution in [0.3, 0.4) is 0 Å². The standard InChI is InChI=1S/C11H8BrIO3/c12-10-7(13)4-14-11(10)6-1-2-8-9(3-6)16-5-15-8/h1-3,11H,4-5H2. The lowest BCUT2D eigenvalue weighted by Gasteiger charge is -2.11. The molecule has 0 fully saturated rings. The predicted octanol–water partition coefficient (Wildman–Crippen LogP) is 3.53. The van der Waals surface area contributed by atoms with Crippen molar-refractivity contribution < 1.29 is 14.2 Å². The number of hydrogen-bond donors (Lipinski definition) is 0. The van der Waals surface area contributed by atoms with Crippen LogP contribution in [-0.4, -0.2) is 13.4 Å². The molecule has 2 aliphatic rings. The van der Waals surface area contributed by atoms with Crippen molar-refractivity contribution in [2.24, 2.45) is 0 Å². The van der Waals surface area contributed by atoms with Gasteiger partial charge in [0.05, 0.1) is 6.61 Å². The Morgan fingerprint density at radius 3 is 2.81 bits per heavy atom. The van der Waals surface area contributed by atoms with Crippen LogP contribution in [0.5, 0.6) is 11.5 Å². The SMILES string of the molecule is BrC1=C(I)COC1c1ccc2c(c1)OCO2. The molecule has 0 radical (unpaired) electrons. The first-order chi connectivity index (χ1) is 7.75. The van der Waals surface area contributed by atoms with Crippen LogP contribution in [0.25, 0.3) is 0 Å². The minimum Gasteiger partial charge on any atom is -0.454 e. The van der Waals surface area contributed by atoms with E-state index in [1.54, 1.807) is 0 Å². The first-order valence-corrected chi connectivity index (χ1v) is 6.68. The molecule has 0 aromatic heterocycles. The van der Waals surface area contributed by atoms with Crippen LogP contribution in [0.1, 0.15) is 11.7 Å². The van der Waals surface area contributed by atoms with E-state index in [-0.39, 0.29) is 6.10 Å². The Hall–Kier alpha value is -0.270. The van der Waals surface area contributed by atoms with E-state index < -0.39 is 0 Å². The quantitative estimate of drug-likeness (QED) is 0.682. The summed E-state index contributed by atoms with van der Waals surface area (Å²) in [6.07, 6.45) is -0.0126. The Balaban J connectivity index is 1.96. The predicted molar refractivity (Wildman–Crippen MR) is 71.2 cm³/mol. The highest BCUT2D eigenvalue weighted by Gasteiger charge is 2.26. The molecular formula is C11H8BrIO3. The van der Waals surface area contributed by atoms with Gasteiger partial charge >= 0.3 is 0 Å². The first kappa shape index (κ1) is 10.9. The van der Waals surface area contributed by atoms with E-state index in [4.69, 9.17) is 14.2 Å². The fraction of sp³-hybridized carbons (Fsp3) is 0.273. The van der Waals surface area contributed by atoms with E-state index in [0.717, 1.165) is 21.5 Å². The van der Waals surface area contributed by atoms with Gasteiger partial charge in [0.1, 0.15) is 6.10 Å². The molecule has 0 saturated carbocycles. The molecule has 3 rings (SSSR count). The maximum atomic E-state index is 5.70. The zero-order chi connectivity index (χ0) is 11.1. The van der Waals surface area contributed by atoms with Crippen LogP contribution in [0.15, 0.2) is 26.3 Å². The molecule has 0 amide bonds. The second-order valence-corrected chi connectivity index (χ2v) is 5.71. The van der Waals surface area contributed by atoms with E-state index in [9.17, 15) is 0 Å². The van der Waals surface area contributed by atoms with Gasteiger partial charge in [-0.1, -0.05) is 22.0 Å². The Labute approximate surface area is 115 Å². The lowest BCUT2D eigenvalue weighted by atomic mass is 10.1. The maximum absolute atomic E-state index is 5.70. The summed E-state index contributed by atoms with van der Waals surface area (Å²) in [7, 11) is 0. The third-order valence-corrected chi connectivity index (χ3v) is 5.09. The van der Waals surface area contributed by atoms with Crippen molar-refractivity contribution in [1.29, 1.82) is 0 Å². The third-order valence-electron chi connectivity index (χ3n) is 2.57. The Morgan fingerprint density at radius 1 is 1.25 bits per heavy atom. The molecule has 1 aromatic rings. The van der Waals surface area contributed by atoms with Crippen LogP contribution in [0, 0.1) is 0 Å². The number of rotatable bonds is 1. The zero-order valence-corrected chi connectivity index (χ0v) is 11.9. The molecule has 0 bridgehead atoms. The lowest BCUT2D eigenvalue weighted by molar-refractivity contribution is 0.127. The van der Waals surface area contributed by atoms with Gasteiger partial charge < -0.3 is 14.2 Å². The van der Waals surface area contributed by atoms with Gasteiger partial charge in [-0.3, -0.25) is 0 Å². The first-order valence-electron chi connectivity index (χ1n) is 4.81. The van der Waals surface area contributed by atoms with E-state index in [2.05, 4.69) is 38.5 Å². The monoisotopic (exact) mass is 394 g/mol. The van der Waals surface area contributed by atoms with E-state index in [1.165, 1.54) is 3.58 Å². The molecule has 0 spiro atoms. The molecule has 1 aromatic carbocycles. The number of halogens is 2. The molecule has 84 valence electrons. The Kier molecular flexibility index (Phi) is 2.85. The van der Waals surface area contributed by atoms with Crippen LogP contribution in [-0.2, 0) is 4.74 Å². The van der Waals surface area contributed by atoms with Crippen molar-refractivity contribution in [3.63, 3.8) is 0 Å². The largest absolute Gasteiger partial charge is 0.454 e. The molecule has 1 unspecified atom stereocenters. The van der Waals surface area contributed by atoms with E-state index >= 15 is 0 Å². The minimum absolute atomic E-state index is 0.0126. The Bertz CT molecular complexity index is 472. The second-order valence-electron chi connectivity index (χ2n) is 3.56. The van der Waals surface area contributed by atoms with Crippen LogP contribution in [0.4, 0.5) is 0 Å². The van der Waals surface area contributed by atoms with E-state index in [0.29, 0.717) is 13.4 Å². The van der Waals surface area contributed by atoms with Gasteiger partial charge in [0.25, 0.3) is 0 Å². The summed E-state index contributed by atoms with van der Waals surface area (Å²) in [6.45, 7) is 0.971. The molecule has 16 heavy (non-hydrogen) atoms. The maximum Gasteiger partial charge on any atom is 0.231 e. The summed E-state index contributed by atoms with van der Waals surface area (Å²) in [5, 5.41) is 0. The average molecular weight is 395 g/mol. The molecule has 5 heteroatoms. The highest BCUT2D eigenvalue weighted by molar-refractivity contribution is 14.1. The lowest BCUT2D eigenvalue weighted by Crippen LogP contribution is -1.97. The summed E-state index contributed by atoms with van der Waals surface area (Å²) in [4.78, 5) is 0. The summed E-state index contributed by atoms with van der Waals surface area (Å²) in [6, 6.07) is 5.91. The number of fused-ring (bicyclic) bond motifs is 1. The smallest absolute Gasteiger partial charge is 0.231 e. The van der Waals surface area contributed by atoms with Crippen LogP contribution in [0.2, 0.25) is 0 Å². The molecule has 2 aliphatic heterocycles. The summed E-state index contributed by atoms with van der Waals surface area (Å²) in [5.41, 5.74) is 1.09. The van der Waals surface area contributed by atoms with Gasteiger partial charge in [0.2, 0.25) is 6.79 Å². The number of benzene rings is 1. The van der Waals surface area contributed by atoms with Crippen LogP contribution < -0.4 is 9.47 Å². The van der Waals surface area contributed by atoms with Crippen molar-refractivity contribution in [3.8, 4) is 11.5 Å². The average Bonchev–Trinajstić information content (AvgIpc) is 2.86. The van der Waals surface area contributed by atoms with E-state index in [1.807, 2.05) is 18.2 Å². The number of hydrogen-bond acceptors (Lipinski definition) is 3. The molecule has 1 atom stereocenters. The van der Waals surface area contributed by atoms with Crippen molar-refractivity contribution in [2.45, 2.75) is 6.10 Å².